The van der Waals surface area contributed by atoms with Gasteiger partial charge < -0.3 is 11.1 Å². The Morgan fingerprint density at radius 2 is 2.29 bits per heavy atom. The highest BCUT2D eigenvalue weighted by molar-refractivity contribution is 6.33. The number of halogens is 2. The molecule has 0 aliphatic rings. The lowest BCUT2D eigenvalue weighted by Gasteiger charge is -2.14. The number of rotatable bonds is 5. The van der Waals surface area contributed by atoms with Crippen molar-refractivity contribution in [3.05, 3.63) is 29.0 Å². The molecule has 17 heavy (non-hydrogen) atoms. The van der Waals surface area contributed by atoms with Gasteiger partial charge in [0.2, 0.25) is 5.91 Å². The summed E-state index contributed by atoms with van der Waals surface area (Å²) in [6, 6.07) is 3.84. The van der Waals surface area contributed by atoms with Crippen molar-refractivity contribution in [1.82, 2.24) is 0 Å². The van der Waals surface area contributed by atoms with Crippen molar-refractivity contribution >= 4 is 23.2 Å². The van der Waals surface area contributed by atoms with E-state index >= 15 is 0 Å². The largest absolute Gasteiger partial charge is 0.330 e. The summed E-state index contributed by atoms with van der Waals surface area (Å²) in [5, 5.41) is 2.91. The third kappa shape index (κ3) is 3.98. The van der Waals surface area contributed by atoms with Crippen LogP contribution >= 0.6 is 11.6 Å². The summed E-state index contributed by atoms with van der Waals surface area (Å²) in [6.07, 6.45) is 1.57. The van der Waals surface area contributed by atoms with Gasteiger partial charge in [0.1, 0.15) is 5.82 Å². The third-order valence-electron chi connectivity index (χ3n) is 2.48. The molecule has 1 rings (SSSR count). The Kier molecular flexibility index (Phi) is 5.38. The molecule has 0 aromatic heterocycles. The molecule has 0 fully saturated rings. The van der Waals surface area contributed by atoms with Crippen molar-refractivity contribution in [3.8, 4) is 0 Å². The first-order chi connectivity index (χ1) is 8.08. The van der Waals surface area contributed by atoms with Gasteiger partial charge in [-0.15, -0.1) is 0 Å². The van der Waals surface area contributed by atoms with Crippen molar-refractivity contribution in [3.63, 3.8) is 0 Å². The van der Waals surface area contributed by atoms with E-state index in [-0.39, 0.29) is 24.1 Å². The number of carbonyl (C=O) groups excluding carboxylic acids is 1. The van der Waals surface area contributed by atoms with Gasteiger partial charge in [-0.1, -0.05) is 24.9 Å². The molecule has 0 bridgehead atoms. The first-order valence-electron chi connectivity index (χ1n) is 5.54. The second kappa shape index (κ2) is 6.57. The summed E-state index contributed by atoms with van der Waals surface area (Å²) >= 11 is 5.85. The van der Waals surface area contributed by atoms with Gasteiger partial charge in [-0.2, -0.15) is 0 Å². The van der Waals surface area contributed by atoms with Gasteiger partial charge in [0.15, 0.2) is 0 Å². The Bertz CT molecular complexity index is 398. The molecular weight excluding hydrogens is 243 g/mol. The lowest BCUT2D eigenvalue weighted by Crippen LogP contribution is -2.29. The maximum absolute atomic E-state index is 13.0. The molecular formula is C12H16ClFN2O. The molecule has 5 heteroatoms. The van der Waals surface area contributed by atoms with Crippen LogP contribution in [0.15, 0.2) is 18.2 Å². The first-order valence-corrected chi connectivity index (χ1v) is 5.92. The van der Waals surface area contributed by atoms with E-state index in [4.69, 9.17) is 17.3 Å². The topological polar surface area (TPSA) is 55.1 Å². The maximum Gasteiger partial charge on any atom is 0.228 e. The monoisotopic (exact) mass is 258 g/mol. The van der Waals surface area contributed by atoms with Gasteiger partial charge in [-0.05, 0) is 24.6 Å². The van der Waals surface area contributed by atoms with Crippen molar-refractivity contribution in [2.45, 2.75) is 19.8 Å². The molecule has 1 aromatic carbocycles. The number of hydrogen-bond acceptors (Lipinski definition) is 2. The average molecular weight is 259 g/mol. The number of nitrogens with two attached hydrogens (primary N) is 1. The summed E-state index contributed by atoms with van der Waals surface area (Å²) in [4.78, 5) is 11.8. The molecule has 0 radical (unpaired) electrons. The Labute approximate surface area is 105 Å². The van der Waals surface area contributed by atoms with E-state index in [9.17, 15) is 9.18 Å². The van der Waals surface area contributed by atoms with Gasteiger partial charge in [0, 0.05) is 6.54 Å². The minimum atomic E-state index is -0.440. The van der Waals surface area contributed by atoms with Crippen molar-refractivity contribution in [1.29, 1.82) is 0 Å². The Hall–Kier alpha value is -1.13. The molecule has 1 unspecified atom stereocenters. The summed E-state index contributed by atoms with van der Waals surface area (Å²) in [5.74, 6) is -0.925. The number of carbonyl (C=O) groups is 1. The van der Waals surface area contributed by atoms with Crippen LogP contribution < -0.4 is 11.1 Å². The quantitative estimate of drug-likeness (QED) is 0.853. The smallest absolute Gasteiger partial charge is 0.228 e. The zero-order chi connectivity index (χ0) is 12.8. The fraction of sp³-hybridized carbons (Fsp3) is 0.417. The Morgan fingerprint density at radius 3 is 2.88 bits per heavy atom. The zero-order valence-electron chi connectivity index (χ0n) is 9.67. The van der Waals surface area contributed by atoms with E-state index in [0.717, 1.165) is 6.42 Å². The molecule has 0 saturated carbocycles. The van der Waals surface area contributed by atoms with Crippen LogP contribution in [0.1, 0.15) is 19.8 Å². The molecule has 0 aliphatic carbocycles. The van der Waals surface area contributed by atoms with Gasteiger partial charge in [-0.3, -0.25) is 4.79 Å². The fourth-order valence-corrected chi connectivity index (χ4v) is 1.70. The second-order valence-corrected chi connectivity index (χ2v) is 4.24. The van der Waals surface area contributed by atoms with Gasteiger partial charge >= 0.3 is 0 Å². The van der Waals surface area contributed by atoms with Crippen LogP contribution in [0, 0.1) is 11.7 Å². The molecule has 0 heterocycles. The van der Waals surface area contributed by atoms with Gasteiger partial charge in [0.25, 0.3) is 0 Å². The van der Waals surface area contributed by atoms with Crippen molar-refractivity contribution in [2.24, 2.45) is 11.7 Å². The van der Waals surface area contributed by atoms with E-state index in [1.807, 2.05) is 6.92 Å². The lowest BCUT2D eigenvalue weighted by atomic mass is 10.0. The van der Waals surface area contributed by atoms with Crippen LogP contribution in [0.2, 0.25) is 5.02 Å². The highest BCUT2D eigenvalue weighted by atomic mass is 35.5. The fourth-order valence-electron chi connectivity index (χ4n) is 1.53. The van der Waals surface area contributed by atoms with Gasteiger partial charge in [0.05, 0.1) is 16.6 Å². The zero-order valence-corrected chi connectivity index (χ0v) is 10.4. The number of hydrogen-bond donors (Lipinski definition) is 2. The van der Waals surface area contributed by atoms with Gasteiger partial charge in [-0.25, -0.2) is 4.39 Å². The van der Waals surface area contributed by atoms with Crippen LogP contribution in [0.25, 0.3) is 0 Å². The lowest BCUT2D eigenvalue weighted by molar-refractivity contribution is -0.119. The van der Waals surface area contributed by atoms with E-state index < -0.39 is 5.82 Å². The molecule has 1 atom stereocenters. The number of benzene rings is 1. The number of anilines is 1. The molecule has 0 saturated heterocycles. The SMILES string of the molecule is CCCC(CN)C(=O)Nc1cc(F)ccc1Cl. The van der Waals surface area contributed by atoms with E-state index in [0.29, 0.717) is 11.4 Å². The second-order valence-electron chi connectivity index (χ2n) is 3.83. The first kappa shape index (κ1) is 13.9. The number of nitrogens with one attached hydrogen (secondary N) is 1. The number of amides is 1. The van der Waals surface area contributed by atoms with E-state index in [2.05, 4.69) is 5.32 Å². The highest BCUT2D eigenvalue weighted by Crippen LogP contribution is 2.23. The minimum absolute atomic E-state index is 0.221. The van der Waals surface area contributed by atoms with Crippen LogP contribution in [-0.4, -0.2) is 12.5 Å². The summed E-state index contributed by atoms with van der Waals surface area (Å²) in [6.45, 7) is 2.25. The average Bonchev–Trinajstić information content (AvgIpc) is 2.30. The maximum atomic E-state index is 13.0. The van der Waals surface area contributed by atoms with Crippen molar-refractivity contribution < 1.29 is 9.18 Å². The molecule has 94 valence electrons. The summed E-state index contributed by atoms with van der Waals surface area (Å²) in [7, 11) is 0. The van der Waals surface area contributed by atoms with Crippen LogP contribution in [0.3, 0.4) is 0 Å². The molecule has 1 aromatic rings. The molecule has 1 amide bonds. The summed E-state index contributed by atoms with van der Waals surface area (Å²) in [5.41, 5.74) is 5.80. The van der Waals surface area contributed by atoms with Crippen LogP contribution in [0.4, 0.5) is 10.1 Å². The molecule has 3 N–H and O–H groups in total. The Morgan fingerprint density at radius 1 is 1.59 bits per heavy atom. The van der Waals surface area contributed by atoms with Crippen LogP contribution in [0.5, 0.6) is 0 Å². The highest BCUT2D eigenvalue weighted by Gasteiger charge is 2.16. The minimum Gasteiger partial charge on any atom is -0.330 e. The predicted molar refractivity (Wildman–Crippen MR) is 67.5 cm³/mol. The molecule has 3 nitrogen and oxygen atoms in total. The summed E-state index contributed by atoms with van der Waals surface area (Å²) < 4.78 is 13.0. The van der Waals surface area contributed by atoms with Crippen molar-refractivity contribution in [2.75, 3.05) is 11.9 Å². The standard InChI is InChI=1S/C12H16ClFN2O/c1-2-3-8(7-15)12(17)16-11-6-9(14)4-5-10(11)13/h4-6,8H,2-3,7,15H2,1H3,(H,16,17). The normalized spacial score (nSPS) is 12.2. The third-order valence-corrected chi connectivity index (χ3v) is 2.81. The predicted octanol–water partition coefficient (Wildman–Crippen LogP) is 2.79. The van der Waals surface area contributed by atoms with E-state index in [1.54, 1.807) is 0 Å². The van der Waals surface area contributed by atoms with E-state index in [1.165, 1.54) is 18.2 Å². The molecule has 0 aliphatic heterocycles. The Balaban J connectivity index is 2.76. The molecule has 0 spiro atoms. The van der Waals surface area contributed by atoms with Crippen LogP contribution in [-0.2, 0) is 4.79 Å².